The van der Waals surface area contributed by atoms with Gasteiger partial charge in [0.2, 0.25) is 5.91 Å². The highest BCUT2D eigenvalue weighted by Gasteiger charge is 2.41. The number of carbonyl (C=O) groups excluding carboxylic acids is 2. The SMILES string of the molecule is COC(=O)[C@@H]1CC[C@H](c2ccccc2)N1C(=O)CN. The van der Waals surface area contributed by atoms with E-state index >= 15 is 0 Å². The molecule has 1 saturated heterocycles. The van der Waals surface area contributed by atoms with Gasteiger partial charge in [-0.1, -0.05) is 30.3 Å². The summed E-state index contributed by atoms with van der Waals surface area (Å²) in [6, 6.07) is 9.07. The summed E-state index contributed by atoms with van der Waals surface area (Å²) in [4.78, 5) is 25.4. The lowest BCUT2D eigenvalue weighted by atomic mass is 10.0. The van der Waals surface area contributed by atoms with Gasteiger partial charge in [-0.3, -0.25) is 4.79 Å². The lowest BCUT2D eigenvalue weighted by Crippen LogP contribution is -2.45. The molecule has 1 aliphatic heterocycles. The fourth-order valence-electron chi connectivity index (χ4n) is 2.63. The number of carbonyl (C=O) groups is 2. The molecular weight excluding hydrogens is 244 g/mol. The predicted octanol–water partition coefficient (Wildman–Crippen LogP) is 0.850. The summed E-state index contributed by atoms with van der Waals surface area (Å²) in [5, 5.41) is 0. The van der Waals surface area contributed by atoms with Crippen molar-refractivity contribution in [1.29, 1.82) is 0 Å². The Morgan fingerprint density at radius 3 is 2.58 bits per heavy atom. The van der Waals surface area contributed by atoms with Crippen molar-refractivity contribution in [2.24, 2.45) is 5.73 Å². The van der Waals surface area contributed by atoms with Gasteiger partial charge in [-0.2, -0.15) is 0 Å². The molecule has 0 radical (unpaired) electrons. The Balaban J connectivity index is 2.29. The predicted molar refractivity (Wildman–Crippen MR) is 70.1 cm³/mol. The van der Waals surface area contributed by atoms with Gasteiger partial charge < -0.3 is 15.4 Å². The number of hydrogen-bond donors (Lipinski definition) is 1. The molecule has 19 heavy (non-hydrogen) atoms. The molecule has 1 amide bonds. The molecule has 5 nitrogen and oxygen atoms in total. The normalized spacial score (nSPS) is 22.3. The number of nitrogens with zero attached hydrogens (tertiary/aromatic N) is 1. The van der Waals surface area contributed by atoms with Gasteiger partial charge in [-0.05, 0) is 18.4 Å². The zero-order valence-electron chi connectivity index (χ0n) is 10.9. The van der Waals surface area contributed by atoms with Crippen LogP contribution in [0.4, 0.5) is 0 Å². The quantitative estimate of drug-likeness (QED) is 0.820. The van der Waals surface area contributed by atoms with Crippen molar-refractivity contribution in [3.05, 3.63) is 35.9 Å². The molecule has 5 heteroatoms. The summed E-state index contributed by atoms with van der Waals surface area (Å²) in [5.74, 6) is -0.595. The van der Waals surface area contributed by atoms with Crippen molar-refractivity contribution < 1.29 is 14.3 Å². The van der Waals surface area contributed by atoms with Crippen LogP contribution in [0.5, 0.6) is 0 Å². The highest BCUT2D eigenvalue weighted by atomic mass is 16.5. The maximum atomic E-state index is 12.0. The Hall–Kier alpha value is -1.88. The molecule has 0 aliphatic carbocycles. The van der Waals surface area contributed by atoms with E-state index in [1.807, 2.05) is 30.3 Å². The zero-order chi connectivity index (χ0) is 13.8. The topological polar surface area (TPSA) is 72.6 Å². The van der Waals surface area contributed by atoms with Crippen LogP contribution < -0.4 is 5.73 Å². The maximum Gasteiger partial charge on any atom is 0.328 e. The van der Waals surface area contributed by atoms with Gasteiger partial charge in [0, 0.05) is 0 Å². The molecule has 0 aromatic heterocycles. The van der Waals surface area contributed by atoms with Crippen molar-refractivity contribution in [2.75, 3.05) is 13.7 Å². The van der Waals surface area contributed by atoms with Gasteiger partial charge in [-0.25, -0.2) is 4.79 Å². The van der Waals surface area contributed by atoms with Gasteiger partial charge in [0.05, 0.1) is 19.7 Å². The van der Waals surface area contributed by atoms with Crippen molar-refractivity contribution in [3.63, 3.8) is 0 Å². The number of hydrogen-bond acceptors (Lipinski definition) is 4. The van der Waals surface area contributed by atoms with Gasteiger partial charge in [-0.15, -0.1) is 0 Å². The molecule has 0 unspecified atom stereocenters. The molecule has 0 saturated carbocycles. The summed E-state index contributed by atoms with van der Waals surface area (Å²) in [6.07, 6.45) is 1.35. The molecule has 1 heterocycles. The minimum absolute atomic E-state index is 0.0960. The standard InChI is InChI=1S/C14H18N2O3/c1-19-14(18)12-8-7-11(16(12)13(17)9-15)10-5-3-2-4-6-10/h2-6,11-12H,7-9,15H2,1H3/t11-,12+/m1/s1. The summed E-state index contributed by atoms with van der Waals surface area (Å²) in [7, 11) is 1.34. The van der Waals surface area contributed by atoms with Crippen LogP contribution in [0.2, 0.25) is 0 Å². The maximum absolute atomic E-state index is 12.0. The van der Waals surface area contributed by atoms with E-state index in [4.69, 9.17) is 10.5 Å². The van der Waals surface area contributed by atoms with Gasteiger partial charge in [0.1, 0.15) is 6.04 Å². The van der Waals surface area contributed by atoms with Crippen LogP contribution in [0.3, 0.4) is 0 Å². The first kappa shape index (κ1) is 13.5. The Morgan fingerprint density at radius 1 is 1.32 bits per heavy atom. The van der Waals surface area contributed by atoms with E-state index in [9.17, 15) is 9.59 Å². The van der Waals surface area contributed by atoms with E-state index in [0.717, 1.165) is 12.0 Å². The van der Waals surface area contributed by atoms with Crippen molar-refractivity contribution in [2.45, 2.75) is 24.9 Å². The fourth-order valence-corrected chi connectivity index (χ4v) is 2.63. The second-order valence-corrected chi connectivity index (χ2v) is 4.55. The molecule has 2 rings (SSSR count). The number of rotatable bonds is 3. The Labute approximate surface area is 112 Å². The van der Waals surface area contributed by atoms with E-state index in [2.05, 4.69) is 0 Å². The van der Waals surface area contributed by atoms with Gasteiger partial charge in [0.15, 0.2) is 0 Å². The molecule has 1 fully saturated rings. The van der Waals surface area contributed by atoms with E-state index in [0.29, 0.717) is 6.42 Å². The summed E-state index contributed by atoms with van der Waals surface area (Å²) < 4.78 is 4.77. The lowest BCUT2D eigenvalue weighted by molar-refractivity contribution is -0.151. The van der Waals surface area contributed by atoms with Crippen molar-refractivity contribution in [3.8, 4) is 0 Å². The van der Waals surface area contributed by atoms with E-state index in [1.54, 1.807) is 4.90 Å². The Kier molecular flexibility index (Phi) is 4.16. The number of amides is 1. The third kappa shape index (κ3) is 2.61. The molecule has 2 N–H and O–H groups in total. The average molecular weight is 262 g/mol. The van der Waals surface area contributed by atoms with Gasteiger partial charge >= 0.3 is 5.97 Å². The number of likely N-dealkylation sites (tertiary alicyclic amines) is 1. The zero-order valence-corrected chi connectivity index (χ0v) is 10.9. The largest absolute Gasteiger partial charge is 0.467 e. The number of esters is 1. The second-order valence-electron chi connectivity index (χ2n) is 4.55. The lowest BCUT2D eigenvalue weighted by Gasteiger charge is -2.28. The molecule has 0 spiro atoms. The molecule has 1 aromatic carbocycles. The summed E-state index contributed by atoms with van der Waals surface area (Å²) in [5.41, 5.74) is 6.48. The van der Waals surface area contributed by atoms with Crippen LogP contribution in [0.25, 0.3) is 0 Å². The van der Waals surface area contributed by atoms with Crippen LogP contribution in [0, 0.1) is 0 Å². The van der Waals surface area contributed by atoms with E-state index in [1.165, 1.54) is 7.11 Å². The van der Waals surface area contributed by atoms with E-state index < -0.39 is 6.04 Å². The van der Waals surface area contributed by atoms with Crippen molar-refractivity contribution in [1.82, 2.24) is 4.90 Å². The number of methoxy groups -OCH3 is 1. The average Bonchev–Trinajstić information content (AvgIpc) is 2.91. The van der Waals surface area contributed by atoms with Crippen LogP contribution in [-0.2, 0) is 14.3 Å². The highest BCUT2D eigenvalue weighted by molar-refractivity contribution is 5.86. The van der Waals surface area contributed by atoms with Crippen LogP contribution in [-0.4, -0.2) is 36.5 Å². The molecular formula is C14H18N2O3. The number of ether oxygens (including phenoxy) is 1. The first-order chi connectivity index (χ1) is 9.19. The Morgan fingerprint density at radius 2 is 2.00 bits per heavy atom. The molecule has 1 aromatic rings. The first-order valence-corrected chi connectivity index (χ1v) is 6.33. The van der Waals surface area contributed by atoms with Crippen LogP contribution >= 0.6 is 0 Å². The fraction of sp³-hybridized carbons (Fsp3) is 0.429. The third-order valence-corrected chi connectivity index (χ3v) is 3.51. The minimum Gasteiger partial charge on any atom is -0.467 e. The first-order valence-electron chi connectivity index (χ1n) is 6.33. The highest BCUT2D eigenvalue weighted by Crippen LogP contribution is 2.36. The Bertz CT molecular complexity index is 461. The molecule has 0 bridgehead atoms. The molecule has 2 atom stereocenters. The third-order valence-electron chi connectivity index (χ3n) is 3.51. The molecule has 1 aliphatic rings. The molecule has 102 valence electrons. The smallest absolute Gasteiger partial charge is 0.328 e. The van der Waals surface area contributed by atoms with Crippen molar-refractivity contribution >= 4 is 11.9 Å². The second kappa shape index (κ2) is 5.84. The number of benzene rings is 1. The van der Waals surface area contributed by atoms with Gasteiger partial charge in [0.25, 0.3) is 0 Å². The van der Waals surface area contributed by atoms with Crippen LogP contribution in [0.1, 0.15) is 24.4 Å². The monoisotopic (exact) mass is 262 g/mol. The minimum atomic E-state index is -0.522. The summed E-state index contributed by atoms with van der Waals surface area (Å²) >= 11 is 0. The summed E-state index contributed by atoms with van der Waals surface area (Å²) in [6.45, 7) is -0.100. The number of nitrogens with two attached hydrogens (primary N) is 1. The van der Waals surface area contributed by atoms with E-state index in [-0.39, 0.29) is 24.5 Å². The van der Waals surface area contributed by atoms with Crippen LogP contribution in [0.15, 0.2) is 30.3 Å².